The Hall–Kier alpha value is 1.22. The zero-order chi connectivity index (χ0) is 17.3. The average molecular weight is 433 g/mol. The molecule has 21 heavy (non-hydrogen) atoms. The van der Waals surface area contributed by atoms with E-state index in [1.54, 1.807) is 0 Å². The molecule has 0 aliphatic carbocycles. The number of rotatable bonds is 4. The molecule has 0 atom stereocenters. The molecule has 0 bridgehead atoms. The summed E-state index contributed by atoms with van der Waals surface area (Å²) < 4.78 is 25.2. The van der Waals surface area contributed by atoms with Crippen LogP contribution in [0.25, 0.3) is 0 Å². The van der Waals surface area contributed by atoms with E-state index in [1.165, 1.54) is 0 Å². The summed E-state index contributed by atoms with van der Waals surface area (Å²) in [5.74, 6) is 0. The Kier molecular flexibility index (Phi) is 7.40. The minimum atomic E-state index is -4.40. The molecule has 0 N–H and O–H groups in total. The topological polar surface area (TPSA) is 36.9 Å². The van der Waals surface area contributed by atoms with Crippen molar-refractivity contribution in [2.24, 2.45) is 0 Å². The van der Waals surface area contributed by atoms with E-state index >= 15 is 0 Å². The van der Waals surface area contributed by atoms with Gasteiger partial charge in [-0.15, -0.1) is 0 Å². The molecule has 0 aromatic rings. The summed E-state index contributed by atoms with van der Waals surface area (Å²) in [5.41, 5.74) is -1.54. The predicted octanol–water partition coefficient (Wildman–Crippen LogP) is 5.06. The summed E-state index contributed by atoms with van der Waals surface area (Å²) in [4.78, 5) is 0. The third-order valence-electron chi connectivity index (χ3n) is 1.72. The van der Waals surface area contributed by atoms with Crippen molar-refractivity contribution in [1.82, 2.24) is 0 Å². The summed E-state index contributed by atoms with van der Waals surface area (Å²) in [7, 11) is 0. The first-order valence-corrected chi connectivity index (χ1v) is 12.8. The van der Waals surface area contributed by atoms with Gasteiger partial charge in [0.05, 0.1) is 0 Å². The zero-order valence-corrected chi connectivity index (χ0v) is 19.3. The number of hydrogen-bond acceptors (Lipinski definition) is 4. The van der Waals surface area contributed by atoms with Crippen molar-refractivity contribution in [2.45, 2.75) is 105 Å². The Morgan fingerprint density at radius 2 is 0.524 bits per heavy atom. The van der Waals surface area contributed by atoms with E-state index in [0.29, 0.717) is 0 Å². The average Bonchev–Trinajstić information content (AvgIpc) is 1.83. The van der Waals surface area contributed by atoms with Crippen LogP contribution in [0.3, 0.4) is 0 Å². The third kappa shape index (κ3) is 12.3. The van der Waals surface area contributed by atoms with Crippen molar-refractivity contribution < 1.29 is 39.6 Å². The van der Waals surface area contributed by atoms with Crippen LogP contribution in [0.15, 0.2) is 0 Å². The first-order chi connectivity index (χ1) is 8.83. The van der Waals surface area contributed by atoms with E-state index in [4.69, 9.17) is 3.81 Å². The van der Waals surface area contributed by atoms with Crippen LogP contribution in [0.1, 0.15) is 83.1 Å². The Morgan fingerprint density at radius 1 is 0.381 bits per heavy atom. The van der Waals surface area contributed by atoms with Crippen LogP contribution >= 0.6 is 0 Å². The van der Waals surface area contributed by atoms with E-state index in [1.807, 2.05) is 83.1 Å². The van der Waals surface area contributed by atoms with E-state index < -0.39 is 35.8 Å². The molecule has 0 rings (SSSR count). The SMILES string of the molecule is CC(C)(C)[O][Ce]([O]C(C)(C)C)([O]C(C)(C)C)[O]C(C)(C)C. The second-order valence-electron chi connectivity index (χ2n) is 9.36. The third-order valence-corrected chi connectivity index (χ3v) is 12.6. The fraction of sp³-hybridized carbons (Fsp3) is 1.00. The molecule has 0 spiro atoms. The van der Waals surface area contributed by atoms with E-state index in [9.17, 15) is 0 Å². The first-order valence-electron chi connectivity index (χ1n) is 7.63. The van der Waals surface area contributed by atoms with E-state index in [2.05, 4.69) is 0 Å². The van der Waals surface area contributed by atoms with Crippen LogP contribution < -0.4 is 0 Å². The molecule has 0 aliphatic heterocycles. The molecular weight excluding hydrogens is 396 g/mol. The van der Waals surface area contributed by atoms with Gasteiger partial charge in [-0.25, -0.2) is 0 Å². The molecule has 4 nitrogen and oxygen atoms in total. The first kappa shape index (κ1) is 22.2. The van der Waals surface area contributed by atoms with Crippen LogP contribution in [0.5, 0.6) is 0 Å². The van der Waals surface area contributed by atoms with Crippen LogP contribution in [-0.4, -0.2) is 22.4 Å². The van der Waals surface area contributed by atoms with Gasteiger partial charge >= 0.3 is 145 Å². The predicted molar refractivity (Wildman–Crippen MR) is 83.4 cm³/mol. The second-order valence-corrected chi connectivity index (χ2v) is 15.1. The Morgan fingerprint density at radius 3 is 0.619 bits per heavy atom. The van der Waals surface area contributed by atoms with Crippen LogP contribution in [0.2, 0.25) is 0 Å². The van der Waals surface area contributed by atoms with Crippen LogP contribution in [0.4, 0.5) is 0 Å². The molecule has 0 radical (unpaired) electrons. The number of hydrogen-bond donors (Lipinski definition) is 0. The fourth-order valence-corrected chi connectivity index (χ4v) is 11.8. The maximum atomic E-state index is 6.31. The van der Waals surface area contributed by atoms with Crippen molar-refractivity contribution in [3.8, 4) is 0 Å². The quantitative estimate of drug-likeness (QED) is 0.622. The maximum absolute atomic E-state index is 6.31. The van der Waals surface area contributed by atoms with Gasteiger partial charge in [-0.3, -0.25) is 0 Å². The standard InChI is InChI=1S/4C4H9O.Ce/c4*1-4(2,3)5;/h4*1-3H3;/q4*-1;+4. The van der Waals surface area contributed by atoms with Gasteiger partial charge in [0.25, 0.3) is 0 Å². The fourth-order valence-electron chi connectivity index (χ4n) is 1.63. The minimum absolute atomic E-state index is 0.386. The van der Waals surface area contributed by atoms with Gasteiger partial charge in [0, 0.05) is 0 Å². The molecule has 0 aromatic carbocycles. The molecule has 0 saturated heterocycles. The zero-order valence-electron chi connectivity index (χ0n) is 16.1. The molecular formula is C16H36CeO4. The van der Waals surface area contributed by atoms with Gasteiger partial charge in [0.2, 0.25) is 0 Å². The Bertz CT molecular complexity index is 257. The Labute approximate surface area is 144 Å². The molecule has 0 aromatic heterocycles. The van der Waals surface area contributed by atoms with Gasteiger partial charge in [0.15, 0.2) is 0 Å². The van der Waals surface area contributed by atoms with Crippen LogP contribution in [-0.2, 0) is 3.81 Å². The van der Waals surface area contributed by atoms with Gasteiger partial charge in [-0.05, 0) is 0 Å². The van der Waals surface area contributed by atoms with Crippen molar-refractivity contribution in [3.63, 3.8) is 0 Å². The second kappa shape index (κ2) is 6.99. The summed E-state index contributed by atoms with van der Waals surface area (Å²) >= 11 is -4.40. The molecule has 0 unspecified atom stereocenters. The molecule has 0 saturated carbocycles. The molecule has 0 heterocycles. The van der Waals surface area contributed by atoms with Crippen molar-refractivity contribution in [2.75, 3.05) is 0 Å². The molecule has 5 heteroatoms. The summed E-state index contributed by atoms with van der Waals surface area (Å²) in [6, 6.07) is 0. The van der Waals surface area contributed by atoms with Crippen molar-refractivity contribution >= 4 is 0 Å². The Balaban J connectivity index is 5.70. The van der Waals surface area contributed by atoms with Gasteiger partial charge in [0.1, 0.15) is 0 Å². The van der Waals surface area contributed by atoms with Gasteiger partial charge < -0.3 is 0 Å². The molecule has 0 aliphatic rings. The van der Waals surface area contributed by atoms with E-state index in [-0.39, 0.29) is 22.4 Å². The van der Waals surface area contributed by atoms with Crippen molar-refractivity contribution in [3.05, 3.63) is 0 Å². The summed E-state index contributed by atoms with van der Waals surface area (Å²) in [6.45, 7) is 24.1. The van der Waals surface area contributed by atoms with Gasteiger partial charge in [-0.2, -0.15) is 0 Å². The molecule has 0 fully saturated rings. The van der Waals surface area contributed by atoms with Crippen LogP contribution in [0, 0.1) is 35.8 Å². The summed E-state index contributed by atoms with van der Waals surface area (Å²) in [6.07, 6.45) is 0. The monoisotopic (exact) mass is 432 g/mol. The van der Waals surface area contributed by atoms with Gasteiger partial charge in [-0.1, -0.05) is 0 Å². The van der Waals surface area contributed by atoms with Crippen molar-refractivity contribution in [1.29, 1.82) is 0 Å². The van der Waals surface area contributed by atoms with E-state index in [0.717, 1.165) is 0 Å². The molecule has 0 amide bonds. The summed E-state index contributed by atoms with van der Waals surface area (Å²) in [5, 5.41) is 0. The normalized spacial score (nSPS) is 15.4. The molecule has 128 valence electrons.